The number of aliphatic hydroxyl groups is 1. The summed E-state index contributed by atoms with van der Waals surface area (Å²) in [6, 6.07) is 0.360. The minimum Gasteiger partial charge on any atom is -0.465 e. The van der Waals surface area contributed by atoms with Crippen LogP contribution in [-0.4, -0.2) is 38.9 Å². The number of carbonyl (C=O) groups is 1. The molecule has 3 atom stereocenters. The van der Waals surface area contributed by atoms with Gasteiger partial charge in [-0.1, -0.05) is 0 Å². The van der Waals surface area contributed by atoms with Crippen molar-refractivity contribution in [1.82, 2.24) is 4.90 Å². The van der Waals surface area contributed by atoms with Crippen LogP contribution in [0, 0.1) is 5.92 Å². The summed E-state index contributed by atoms with van der Waals surface area (Å²) in [4.78, 5) is 12.6. The lowest BCUT2D eigenvalue weighted by atomic mass is 9.82. The van der Waals surface area contributed by atoms with Gasteiger partial charge < -0.3 is 15.1 Å². The van der Waals surface area contributed by atoms with Crippen molar-refractivity contribution in [3.8, 4) is 0 Å². The first-order valence-corrected chi connectivity index (χ1v) is 5.62. The number of amides is 1. The highest BCUT2D eigenvalue weighted by Crippen LogP contribution is 2.44. The maximum absolute atomic E-state index is 11.0. The monoisotopic (exact) mass is 213 g/mol. The van der Waals surface area contributed by atoms with Crippen LogP contribution in [-0.2, 0) is 0 Å². The summed E-state index contributed by atoms with van der Waals surface area (Å²) < 4.78 is 0. The van der Waals surface area contributed by atoms with E-state index in [1.807, 2.05) is 0 Å². The molecule has 4 heteroatoms. The van der Waals surface area contributed by atoms with Gasteiger partial charge in [0.2, 0.25) is 0 Å². The van der Waals surface area contributed by atoms with Crippen LogP contribution in [0.4, 0.5) is 4.79 Å². The topological polar surface area (TPSA) is 60.8 Å². The van der Waals surface area contributed by atoms with Gasteiger partial charge in [-0.3, -0.25) is 0 Å². The first-order valence-electron chi connectivity index (χ1n) is 5.62. The van der Waals surface area contributed by atoms with Gasteiger partial charge in [0, 0.05) is 12.1 Å². The highest BCUT2D eigenvalue weighted by atomic mass is 16.4. The molecule has 2 fully saturated rings. The highest BCUT2D eigenvalue weighted by Gasteiger charge is 2.49. The molecule has 0 aromatic carbocycles. The smallest absolute Gasteiger partial charge is 0.407 e. The van der Waals surface area contributed by atoms with Crippen molar-refractivity contribution in [2.24, 2.45) is 5.92 Å². The molecule has 2 rings (SSSR count). The Bertz CT molecular complexity index is 271. The van der Waals surface area contributed by atoms with E-state index in [0.717, 1.165) is 19.3 Å². The van der Waals surface area contributed by atoms with E-state index in [4.69, 9.17) is 5.11 Å². The van der Waals surface area contributed by atoms with E-state index in [2.05, 4.69) is 0 Å². The molecule has 2 aliphatic heterocycles. The molecule has 1 amide bonds. The molecular weight excluding hydrogens is 194 g/mol. The molecule has 0 radical (unpaired) electrons. The van der Waals surface area contributed by atoms with Gasteiger partial charge in [0.15, 0.2) is 0 Å². The van der Waals surface area contributed by atoms with E-state index in [-0.39, 0.29) is 12.1 Å². The van der Waals surface area contributed by atoms with Crippen LogP contribution in [0.1, 0.15) is 39.5 Å². The predicted molar refractivity (Wildman–Crippen MR) is 55.7 cm³/mol. The van der Waals surface area contributed by atoms with Crippen molar-refractivity contribution in [2.45, 2.75) is 57.2 Å². The highest BCUT2D eigenvalue weighted by molar-refractivity contribution is 5.67. The Morgan fingerprint density at radius 3 is 2.60 bits per heavy atom. The van der Waals surface area contributed by atoms with Crippen molar-refractivity contribution in [3.05, 3.63) is 0 Å². The van der Waals surface area contributed by atoms with E-state index < -0.39 is 11.7 Å². The number of hydrogen-bond donors (Lipinski definition) is 2. The van der Waals surface area contributed by atoms with Gasteiger partial charge in [0.25, 0.3) is 0 Å². The summed E-state index contributed by atoms with van der Waals surface area (Å²) in [5.74, 6) is 0.347. The van der Waals surface area contributed by atoms with Crippen molar-refractivity contribution in [1.29, 1.82) is 0 Å². The summed E-state index contributed by atoms with van der Waals surface area (Å²) in [7, 11) is 0. The molecule has 15 heavy (non-hydrogen) atoms. The standard InChI is InChI=1S/C11H19NO3/c1-11(2,15)6-7-5-8-3-4-9(7)12(8)10(13)14/h7-9,15H,3-6H2,1-2H3,(H,13,14)/t7?,8-,9?/m1/s1. The van der Waals surface area contributed by atoms with E-state index in [9.17, 15) is 9.90 Å². The maximum atomic E-state index is 11.0. The third-order valence-electron chi connectivity index (χ3n) is 3.65. The summed E-state index contributed by atoms with van der Waals surface area (Å²) >= 11 is 0. The quantitative estimate of drug-likeness (QED) is 0.733. The van der Waals surface area contributed by atoms with Crippen LogP contribution < -0.4 is 0 Å². The second kappa shape index (κ2) is 3.37. The van der Waals surface area contributed by atoms with Crippen LogP contribution >= 0.6 is 0 Å². The Hall–Kier alpha value is -0.770. The van der Waals surface area contributed by atoms with Crippen LogP contribution in [0.2, 0.25) is 0 Å². The summed E-state index contributed by atoms with van der Waals surface area (Å²) in [5.41, 5.74) is -0.681. The third kappa shape index (κ3) is 1.95. The number of carboxylic acid groups (broad SMARTS) is 1. The molecule has 0 aromatic heterocycles. The average Bonchev–Trinajstić information content (AvgIpc) is 2.56. The SMILES string of the molecule is CC(C)(O)CC1C[C@H]2CCC1N2C(=O)O. The summed E-state index contributed by atoms with van der Waals surface area (Å²) in [6.07, 6.45) is 2.82. The van der Waals surface area contributed by atoms with Crippen molar-refractivity contribution in [2.75, 3.05) is 0 Å². The van der Waals surface area contributed by atoms with Crippen molar-refractivity contribution < 1.29 is 15.0 Å². The Morgan fingerprint density at radius 1 is 1.47 bits per heavy atom. The molecule has 2 bridgehead atoms. The van der Waals surface area contributed by atoms with Crippen LogP contribution in [0.3, 0.4) is 0 Å². The normalized spacial score (nSPS) is 34.9. The first kappa shape index (κ1) is 10.7. The second-order valence-corrected chi connectivity index (χ2v) is 5.50. The predicted octanol–water partition coefficient (Wildman–Crippen LogP) is 1.68. The van der Waals surface area contributed by atoms with Gasteiger partial charge in [-0.25, -0.2) is 4.79 Å². The Morgan fingerprint density at radius 2 is 2.13 bits per heavy atom. The Labute approximate surface area is 89.9 Å². The zero-order chi connectivity index (χ0) is 11.2. The molecule has 0 aliphatic carbocycles. The lowest BCUT2D eigenvalue weighted by Crippen LogP contribution is -2.36. The fourth-order valence-electron chi connectivity index (χ4n) is 3.27. The van der Waals surface area contributed by atoms with Crippen molar-refractivity contribution >= 4 is 6.09 Å². The average molecular weight is 213 g/mol. The fourth-order valence-corrected chi connectivity index (χ4v) is 3.27. The van der Waals surface area contributed by atoms with E-state index >= 15 is 0 Å². The maximum Gasteiger partial charge on any atom is 0.407 e. The summed E-state index contributed by atoms with van der Waals surface area (Å²) in [5, 5.41) is 18.8. The molecule has 2 aliphatic rings. The molecule has 4 nitrogen and oxygen atoms in total. The molecule has 2 N–H and O–H groups in total. The molecule has 2 heterocycles. The van der Waals surface area contributed by atoms with Crippen LogP contribution in [0.15, 0.2) is 0 Å². The minimum absolute atomic E-state index is 0.152. The number of fused-ring (bicyclic) bond motifs is 2. The zero-order valence-electron chi connectivity index (χ0n) is 9.31. The molecule has 0 saturated carbocycles. The molecule has 0 spiro atoms. The Kier molecular flexibility index (Phi) is 2.41. The third-order valence-corrected chi connectivity index (χ3v) is 3.65. The lowest BCUT2D eigenvalue weighted by Gasteiger charge is -2.27. The fraction of sp³-hybridized carbons (Fsp3) is 0.909. The summed E-state index contributed by atoms with van der Waals surface area (Å²) in [6.45, 7) is 3.59. The molecular formula is C11H19NO3. The molecule has 2 saturated heterocycles. The molecule has 0 aromatic rings. The van der Waals surface area contributed by atoms with Gasteiger partial charge in [0.05, 0.1) is 5.60 Å². The number of hydrogen-bond acceptors (Lipinski definition) is 2. The van der Waals surface area contributed by atoms with E-state index in [1.54, 1.807) is 18.7 Å². The van der Waals surface area contributed by atoms with Gasteiger partial charge in [-0.05, 0) is 45.4 Å². The minimum atomic E-state index is -0.791. The van der Waals surface area contributed by atoms with Gasteiger partial charge in [-0.15, -0.1) is 0 Å². The van der Waals surface area contributed by atoms with Crippen molar-refractivity contribution in [3.63, 3.8) is 0 Å². The first-order chi connectivity index (χ1) is 6.88. The zero-order valence-corrected chi connectivity index (χ0v) is 9.31. The largest absolute Gasteiger partial charge is 0.465 e. The van der Waals surface area contributed by atoms with Gasteiger partial charge >= 0.3 is 6.09 Å². The lowest BCUT2D eigenvalue weighted by molar-refractivity contribution is 0.0447. The molecule has 86 valence electrons. The van der Waals surface area contributed by atoms with Gasteiger partial charge in [-0.2, -0.15) is 0 Å². The van der Waals surface area contributed by atoms with Crippen LogP contribution in [0.25, 0.3) is 0 Å². The van der Waals surface area contributed by atoms with Crippen LogP contribution in [0.5, 0.6) is 0 Å². The second-order valence-electron chi connectivity index (χ2n) is 5.50. The van der Waals surface area contributed by atoms with E-state index in [0.29, 0.717) is 12.3 Å². The molecule has 2 unspecified atom stereocenters. The number of rotatable bonds is 2. The van der Waals surface area contributed by atoms with E-state index in [1.165, 1.54) is 0 Å². The Balaban J connectivity index is 2.05. The van der Waals surface area contributed by atoms with Gasteiger partial charge in [0.1, 0.15) is 0 Å². The number of nitrogens with zero attached hydrogens (tertiary/aromatic N) is 1.